The zero-order chi connectivity index (χ0) is 22.9. The number of rotatable bonds is 9. The van der Waals surface area contributed by atoms with Gasteiger partial charge < -0.3 is 19.5 Å². The van der Waals surface area contributed by atoms with Gasteiger partial charge >= 0.3 is 6.03 Å². The standard InChI is InChI=1S/C23H24N4O5/c1-30-17-8-6-16(7-9-17)12-14-25-23(28)27(22-19(26-29)5-4-13-24-22)20-11-10-18(31-2)15-21(20)32-3/h4-11,13,15H,12,14H2,1-3H3,(H,25,28). The van der Waals surface area contributed by atoms with Crippen LogP contribution in [0.5, 0.6) is 17.2 Å². The molecule has 2 aromatic carbocycles. The van der Waals surface area contributed by atoms with E-state index in [9.17, 15) is 9.70 Å². The fourth-order valence-corrected chi connectivity index (χ4v) is 3.11. The van der Waals surface area contributed by atoms with Crippen LogP contribution in [-0.2, 0) is 6.42 Å². The molecule has 9 nitrogen and oxygen atoms in total. The van der Waals surface area contributed by atoms with Gasteiger partial charge in [0.1, 0.15) is 17.2 Å². The van der Waals surface area contributed by atoms with Crippen LogP contribution in [0.4, 0.5) is 22.0 Å². The minimum Gasteiger partial charge on any atom is -0.497 e. The second-order valence-electron chi connectivity index (χ2n) is 6.64. The molecule has 0 radical (unpaired) electrons. The maximum atomic E-state index is 13.2. The van der Waals surface area contributed by atoms with E-state index in [1.165, 1.54) is 31.4 Å². The third kappa shape index (κ3) is 5.12. The normalized spacial score (nSPS) is 10.2. The molecule has 0 aliphatic heterocycles. The minimum atomic E-state index is -0.481. The number of pyridine rings is 1. The Bertz CT molecular complexity index is 1070. The summed E-state index contributed by atoms with van der Waals surface area (Å²) in [7, 11) is 4.62. The van der Waals surface area contributed by atoms with E-state index >= 15 is 0 Å². The number of hydrogen-bond acceptors (Lipinski definition) is 7. The molecule has 3 rings (SSSR count). The number of carbonyl (C=O) groups excluding carboxylic acids is 1. The Labute approximate surface area is 185 Å². The van der Waals surface area contributed by atoms with Gasteiger partial charge in [0.05, 0.1) is 27.0 Å². The van der Waals surface area contributed by atoms with Gasteiger partial charge in [-0.1, -0.05) is 12.1 Å². The van der Waals surface area contributed by atoms with Crippen LogP contribution in [0.1, 0.15) is 5.56 Å². The summed E-state index contributed by atoms with van der Waals surface area (Å²) < 4.78 is 15.9. The average molecular weight is 436 g/mol. The third-order valence-corrected chi connectivity index (χ3v) is 4.76. The van der Waals surface area contributed by atoms with Crippen molar-refractivity contribution in [2.75, 3.05) is 32.8 Å². The van der Waals surface area contributed by atoms with E-state index in [4.69, 9.17) is 14.2 Å². The van der Waals surface area contributed by atoms with E-state index in [2.05, 4.69) is 15.5 Å². The van der Waals surface area contributed by atoms with Crippen LogP contribution in [0, 0.1) is 4.91 Å². The second kappa shape index (κ2) is 10.8. The van der Waals surface area contributed by atoms with Gasteiger partial charge in [-0.25, -0.2) is 14.7 Å². The van der Waals surface area contributed by atoms with Crippen molar-refractivity contribution >= 4 is 23.2 Å². The van der Waals surface area contributed by atoms with Gasteiger partial charge in [-0.05, 0) is 53.6 Å². The fourth-order valence-electron chi connectivity index (χ4n) is 3.11. The Kier molecular flexibility index (Phi) is 7.58. The highest BCUT2D eigenvalue weighted by atomic mass is 16.5. The zero-order valence-electron chi connectivity index (χ0n) is 18.1. The maximum absolute atomic E-state index is 13.2. The third-order valence-electron chi connectivity index (χ3n) is 4.76. The van der Waals surface area contributed by atoms with Gasteiger partial charge in [-0.3, -0.25) is 0 Å². The lowest BCUT2D eigenvalue weighted by atomic mass is 10.1. The second-order valence-corrected chi connectivity index (χ2v) is 6.64. The monoisotopic (exact) mass is 436 g/mol. The molecule has 1 heterocycles. The van der Waals surface area contributed by atoms with E-state index in [-0.39, 0.29) is 11.5 Å². The summed E-state index contributed by atoms with van der Waals surface area (Å²) in [6.45, 7) is 0.358. The molecule has 32 heavy (non-hydrogen) atoms. The molecular weight excluding hydrogens is 412 g/mol. The molecular formula is C23H24N4O5. The predicted molar refractivity (Wildman–Crippen MR) is 121 cm³/mol. The van der Waals surface area contributed by atoms with Crippen molar-refractivity contribution in [3.05, 3.63) is 71.3 Å². The van der Waals surface area contributed by atoms with Gasteiger partial charge in [0, 0.05) is 18.8 Å². The summed E-state index contributed by atoms with van der Waals surface area (Å²) in [4.78, 5) is 30.1. The van der Waals surface area contributed by atoms with Gasteiger partial charge in [-0.15, -0.1) is 4.91 Å². The van der Waals surface area contributed by atoms with Crippen molar-refractivity contribution in [3.63, 3.8) is 0 Å². The zero-order valence-corrected chi connectivity index (χ0v) is 18.1. The number of nitrogens with one attached hydrogen (secondary N) is 1. The van der Waals surface area contributed by atoms with Crippen molar-refractivity contribution in [3.8, 4) is 17.2 Å². The summed E-state index contributed by atoms with van der Waals surface area (Å²) in [6.07, 6.45) is 2.09. The molecule has 0 aliphatic carbocycles. The maximum Gasteiger partial charge on any atom is 0.327 e. The van der Waals surface area contributed by atoms with E-state index in [0.29, 0.717) is 30.2 Å². The van der Waals surface area contributed by atoms with Gasteiger partial charge in [0.15, 0.2) is 11.5 Å². The lowest BCUT2D eigenvalue weighted by Gasteiger charge is -2.25. The van der Waals surface area contributed by atoms with Crippen molar-refractivity contribution in [1.29, 1.82) is 0 Å². The summed E-state index contributed by atoms with van der Waals surface area (Å²) in [6, 6.07) is 15.2. The lowest BCUT2D eigenvalue weighted by molar-refractivity contribution is 0.248. The van der Waals surface area contributed by atoms with Crippen LogP contribution in [0.25, 0.3) is 0 Å². The Balaban J connectivity index is 1.88. The molecule has 0 bridgehead atoms. The number of aromatic nitrogens is 1. The largest absolute Gasteiger partial charge is 0.497 e. The molecule has 9 heteroatoms. The molecule has 0 atom stereocenters. The minimum absolute atomic E-state index is 0.0238. The molecule has 166 valence electrons. The van der Waals surface area contributed by atoms with E-state index in [1.807, 2.05) is 24.3 Å². The molecule has 0 spiro atoms. The average Bonchev–Trinajstić information content (AvgIpc) is 2.85. The molecule has 2 amide bonds. The summed E-state index contributed by atoms with van der Waals surface area (Å²) in [5.74, 6) is 1.78. The first-order valence-corrected chi connectivity index (χ1v) is 9.82. The van der Waals surface area contributed by atoms with Crippen molar-refractivity contribution in [2.45, 2.75) is 6.42 Å². The number of methoxy groups -OCH3 is 3. The number of nitroso groups, excluding NO2 is 1. The fraction of sp³-hybridized carbons (Fsp3) is 0.217. The van der Waals surface area contributed by atoms with Crippen LogP contribution in [0.2, 0.25) is 0 Å². The SMILES string of the molecule is COc1ccc(CCNC(=O)N(c2ccc(OC)cc2OC)c2ncccc2N=O)cc1. The molecule has 1 N–H and O–H groups in total. The Morgan fingerprint density at radius 1 is 1.00 bits per heavy atom. The Morgan fingerprint density at radius 2 is 1.72 bits per heavy atom. The molecule has 0 fully saturated rings. The number of carbonyl (C=O) groups is 1. The van der Waals surface area contributed by atoms with Crippen LogP contribution < -0.4 is 24.4 Å². The van der Waals surface area contributed by atoms with Crippen molar-refractivity contribution < 1.29 is 19.0 Å². The summed E-state index contributed by atoms with van der Waals surface area (Å²) >= 11 is 0. The lowest BCUT2D eigenvalue weighted by Crippen LogP contribution is -2.38. The number of ether oxygens (including phenoxy) is 3. The smallest absolute Gasteiger partial charge is 0.327 e. The van der Waals surface area contributed by atoms with Crippen LogP contribution in [0.3, 0.4) is 0 Å². The Morgan fingerprint density at radius 3 is 2.38 bits per heavy atom. The first-order chi connectivity index (χ1) is 15.6. The number of benzene rings is 2. The molecule has 0 saturated heterocycles. The van der Waals surface area contributed by atoms with Crippen LogP contribution in [-0.4, -0.2) is 38.9 Å². The van der Waals surface area contributed by atoms with E-state index < -0.39 is 6.03 Å². The topological polar surface area (TPSA) is 102 Å². The number of nitrogens with zero attached hydrogens (tertiary/aromatic N) is 3. The molecule has 3 aromatic rings. The van der Waals surface area contributed by atoms with Gasteiger partial charge in [-0.2, -0.15) is 0 Å². The quantitative estimate of drug-likeness (QED) is 0.492. The number of amides is 2. The van der Waals surface area contributed by atoms with Crippen LogP contribution >= 0.6 is 0 Å². The van der Waals surface area contributed by atoms with E-state index in [0.717, 1.165) is 11.3 Å². The number of anilines is 2. The highest BCUT2D eigenvalue weighted by Crippen LogP contribution is 2.39. The highest BCUT2D eigenvalue weighted by molar-refractivity contribution is 6.02. The molecule has 0 unspecified atom stereocenters. The number of hydrogen-bond donors (Lipinski definition) is 1. The first kappa shape index (κ1) is 22.5. The molecule has 0 aliphatic rings. The Hall–Kier alpha value is -4.14. The predicted octanol–water partition coefficient (Wildman–Crippen LogP) is 4.60. The summed E-state index contributed by atoms with van der Waals surface area (Å²) in [5.41, 5.74) is 1.45. The number of urea groups is 1. The first-order valence-electron chi connectivity index (χ1n) is 9.82. The molecule has 0 saturated carbocycles. The van der Waals surface area contributed by atoms with Crippen molar-refractivity contribution in [1.82, 2.24) is 10.3 Å². The highest BCUT2D eigenvalue weighted by Gasteiger charge is 2.26. The van der Waals surface area contributed by atoms with E-state index in [1.54, 1.807) is 31.4 Å². The molecule has 1 aromatic heterocycles. The van der Waals surface area contributed by atoms with Crippen molar-refractivity contribution in [2.24, 2.45) is 5.18 Å². The van der Waals surface area contributed by atoms with Gasteiger partial charge in [0.2, 0.25) is 0 Å². The van der Waals surface area contributed by atoms with Crippen LogP contribution in [0.15, 0.2) is 66.0 Å². The van der Waals surface area contributed by atoms with Gasteiger partial charge in [0.25, 0.3) is 0 Å². The summed E-state index contributed by atoms with van der Waals surface area (Å²) in [5, 5.41) is 5.89.